The molecule has 5 rings (SSSR count). The number of aryl methyl sites for hydroxylation is 1. The normalized spacial score (nSPS) is 15.1. The molecule has 0 bridgehead atoms. The molecule has 4 aromatic rings. The molecule has 2 aromatic carbocycles. The molecule has 1 atom stereocenters. The fourth-order valence-electron chi connectivity index (χ4n) is 4.32. The first kappa shape index (κ1) is 24.0. The summed E-state index contributed by atoms with van der Waals surface area (Å²) in [6, 6.07) is 8.63. The van der Waals surface area contributed by atoms with Crippen LogP contribution < -0.4 is 10.6 Å². The second-order valence-electron chi connectivity index (χ2n) is 8.26. The van der Waals surface area contributed by atoms with Crippen molar-refractivity contribution in [1.29, 1.82) is 0 Å². The quantitative estimate of drug-likeness (QED) is 0.392. The predicted octanol–water partition coefficient (Wildman–Crippen LogP) is 4.49. The number of benzene rings is 2. The Morgan fingerprint density at radius 2 is 2.03 bits per heavy atom. The van der Waals surface area contributed by atoms with E-state index in [4.69, 9.17) is 22.1 Å². The zero-order valence-electron chi connectivity index (χ0n) is 19.2. The number of nitrogens with two attached hydrogens (primary N) is 1. The number of fused-ring (bicyclic) bond motifs is 1. The summed E-state index contributed by atoms with van der Waals surface area (Å²) in [5.41, 5.74) is 9.45. The summed E-state index contributed by atoms with van der Waals surface area (Å²) in [6.45, 7) is 5.30. The standard InChI is InChI=1S/C25H25ClFN5O2S/c1-2-20-22(12-28)35-25(31-20)24(33)16-10-17(19(27)11-18(16)26)23-15-4-3-14(9-21(15)29-13-30-23)32-5-7-34-8-6-32/h3-4,9-11,13,24,33H,2,5-8,12,28H2,1H3. The van der Waals surface area contributed by atoms with E-state index in [2.05, 4.69) is 19.9 Å². The second-order valence-corrected chi connectivity index (χ2v) is 9.78. The Balaban J connectivity index is 1.56. The van der Waals surface area contributed by atoms with E-state index in [1.807, 2.05) is 25.1 Å². The summed E-state index contributed by atoms with van der Waals surface area (Å²) in [5, 5.41) is 12.4. The molecule has 2 aromatic heterocycles. The van der Waals surface area contributed by atoms with Crippen molar-refractivity contribution in [2.24, 2.45) is 5.73 Å². The number of anilines is 1. The van der Waals surface area contributed by atoms with Gasteiger partial charge in [-0.2, -0.15) is 0 Å². The fraction of sp³-hybridized carbons (Fsp3) is 0.320. The van der Waals surface area contributed by atoms with E-state index in [-0.39, 0.29) is 10.6 Å². The van der Waals surface area contributed by atoms with Crippen molar-refractivity contribution in [3.8, 4) is 11.3 Å². The average Bonchev–Trinajstić information content (AvgIpc) is 3.32. The number of thiazole rings is 1. The summed E-state index contributed by atoms with van der Waals surface area (Å²) in [4.78, 5) is 16.5. The summed E-state index contributed by atoms with van der Waals surface area (Å²) >= 11 is 7.72. The van der Waals surface area contributed by atoms with Crippen molar-refractivity contribution < 1.29 is 14.2 Å². The van der Waals surface area contributed by atoms with Gasteiger partial charge in [-0.25, -0.2) is 19.3 Å². The second kappa shape index (κ2) is 10.1. The van der Waals surface area contributed by atoms with Crippen LogP contribution in [0, 0.1) is 5.82 Å². The van der Waals surface area contributed by atoms with Gasteiger partial charge >= 0.3 is 0 Å². The van der Waals surface area contributed by atoms with E-state index in [1.54, 1.807) is 6.07 Å². The number of ether oxygens (including phenoxy) is 1. The highest BCUT2D eigenvalue weighted by Crippen LogP contribution is 2.38. The lowest BCUT2D eigenvalue weighted by Gasteiger charge is -2.29. The molecular weight excluding hydrogens is 489 g/mol. The zero-order chi connectivity index (χ0) is 24.5. The van der Waals surface area contributed by atoms with Crippen LogP contribution in [0.1, 0.15) is 34.2 Å². The van der Waals surface area contributed by atoms with Crippen LogP contribution in [0.15, 0.2) is 36.7 Å². The third-order valence-electron chi connectivity index (χ3n) is 6.18. The van der Waals surface area contributed by atoms with Crippen molar-refractivity contribution >= 4 is 39.5 Å². The molecule has 35 heavy (non-hydrogen) atoms. The summed E-state index contributed by atoms with van der Waals surface area (Å²) < 4.78 is 20.6. The number of aromatic nitrogens is 3. The minimum Gasteiger partial charge on any atom is -0.381 e. The Morgan fingerprint density at radius 3 is 2.74 bits per heavy atom. The van der Waals surface area contributed by atoms with Crippen LogP contribution in [0.4, 0.5) is 10.1 Å². The first-order valence-corrected chi connectivity index (χ1v) is 12.6. The van der Waals surface area contributed by atoms with E-state index in [0.717, 1.165) is 29.3 Å². The first-order valence-electron chi connectivity index (χ1n) is 11.4. The lowest BCUT2D eigenvalue weighted by molar-refractivity contribution is 0.122. The lowest BCUT2D eigenvalue weighted by atomic mass is 10.0. The monoisotopic (exact) mass is 513 g/mol. The number of morpholine rings is 1. The molecule has 0 aliphatic carbocycles. The Labute approximate surface area is 211 Å². The Hall–Kier alpha value is -2.69. The summed E-state index contributed by atoms with van der Waals surface area (Å²) in [6.07, 6.45) is 1.02. The minimum absolute atomic E-state index is 0.120. The summed E-state index contributed by atoms with van der Waals surface area (Å²) in [7, 11) is 0. The van der Waals surface area contributed by atoms with Crippen LogP contribution in [0.2, 0.25) is 5.02 Å². The third kappa shape index (κ3) is 4.62. The van der Waals surface area contributed by atoms with Crippen molar-refractivity contribution in [3.63, 3.8) is 0 Å². The topological polar surface area (TPSA) is 97.4 Å². The van der Waals surface area contributed by atoms with Crippen molar-refractivity contribution in [3.05, 3.63) is 68.6 Å². The minimum atomic E-state index is -1.11. The Bertz CT molecular complexity index is 1350. The number of rotatable bonds is 6. The van der Waals surface area contributed by atoms with Gasteiger partial charge in [0.2, 0.25) is 0 Å². The molecule has 1 fully saturated rings. The maximum atomic E-state index is 15.2. The molecule has 0 spiro atoms. The number of halogens is 2. The molecule has 1 unspecified atom stereocenters. The highest BCUT2D eigenvalue weighted by atomic mass is 35.5. The number of hydrogen-bond donors (Lipinski definition) is 2. The van der Waals surface area contributed by atoms with E-state index >= 15 is 4.39 Å². The van der Waals surface area contributed by atoms with Crippen LogP contribution in [0.3, 0.4) is 0 Å². The van der Waals surface area contributed by atoms with Crippen molar-refractivity contribution in [2.45, 2.75) is 26.0 Å². The fourth-order valence-corrected chi connectivity index (χ4v) is 5.62. The van der Waals surface area contributed by atoms with Crippen molar-refractivity contribution in [2.75, 3.05) is 31.2 Å². The van der Waals surface area contributed by atoms with Gasteiger partial charge in [0.25, 0.3) is 0 Å². The van der Waals surface area contributed by atoms with Gasteiger partial charge in [0.05, 0.1) is 30.1 Å². The van der Waals surface area contributed by atoms with Gasteiger partial charge in [0.15, 0.2) is 0 Å². The van der Waals surface area contributed by atoms with Gasteiger partial charge < -0.3 is 20.5 Å². The SMILES string of the molecule is CCc1nc(C(O)c2cc(-c3ncnc4cc(N5CCOCC5)ccc34)c(F)cc2Cl)sc1CN. The average molecular weight is 514 g/mol. The van der Waals surface area contributed by atoms with Gasteiger partial charge in [0, 0.05) is 51.7 Å². The highest BCUT2D eigenvalue weighted by Gasteiger charge is 2.23. The van der Waals surface area contributed by atoms with Gasteiger partial charge in [0.1, 0.15) is 23.3 Å². The Morgan fingerprint density at radius 1 is 1.23 bits per heavy atom. The molecule has 3 N–H and O–H groups in total. The molecule has 1 aliphatic rings. The van der Waals surface area contributed by atoms with Gasteiger partial charge in [-0.05, 0) is 36.8 Å². The molecule has 0 radical (unpaired) electrons. The predicted molar refractivity (Wildman–Crippen MR) is 136 cm³/mol. The maximum absolute atomic E-state index is 15.2. The molecule has 182 valence electrons. The number of aliphatic hydroxyl groups excluding tert-OH is 1. The van der Waals surface area contributed by atoms with Crippen LogP contribution in [-0.2, 0) is 17.7 Å². The largest absolute Gasteiger partial charge is 0.381 e. The molecule has 1 saturated heterocycles. The molecule has 7 nitrogen and oxygen atoms in total. The molecule has 10 heteroatoms. The van der Waals surface area contributed by atoms with Crippen LogP contribution in [0.25, 0.3) is 22.2 Å². The molecule has 1 aliphatic heterocycles. The molecular formula is C25H25ClFN5O2S. The zero-order valence-corrected chi connectivity index (χ0v) is 20.7. The molecule has 3 heterocycles. The van der Waals surface area contributed by atoms with Crippen LogP contribution in [-0.4, -0.2) is 46.4 Å². The van der Waals surface area contributed by atoms with Gasteiger partial charge in [-0.15, -0.1) is 11.3 Å². The smallest absolute Gasteiger partial charge is 0.134 e. The Kier molecular flexibility index (Phi) is 6.95. The lowest BCUT2D eigenvalue weighted by Crippen LogP contribution is -2.36. The first-order chi connectivity index (χ1) is 17.0. The number of nitrogens with zero attached hydrogens (tertiary/aromatic N) is 4. The third-order valence-corrected chi connectivity index (χ3v) is 7.68. The summed E-state index contributed by atoms with van der Waals surface area (Å²) in [5.74, 6) is -0.528. The molecule has 0 amide bonds. The van der Waals surface area contributed by atoms with Crippen molar-refractivity contribution in [1.82, 2.24) is 15.0 Å². The van der Waals surface area contributed by atoms with E-state index in [1.165, 1.54) is 23.7 Å². The van der Waals surface area contributed by atoms with Crippen LogP contribution >= 0.6 is 22.9 Å². The number of hydrogen-bond acceptors (Lipinski definition) is 8. The maximum Gasteiger partial charge on any atom is 0.134 e. The van der Waals surface area contributed by atoms with E-state index < -0.39 is 11.9 Å². The van der Waals surface area contributed by atoms with E-state index in [0.29, 0.717) is 53.3 Å². The molecule has 0 saturated carbocycles. The van der Waals surface area contributed by atoms with Gasteiger partial charge in [-0.3, -0.25) is 0 Å². The number of aliphatic hydroxyl groups is 1. The van der Waals surface area contributed by atoms with Crippen LogP contribution in [0.5, 0.6) is 0 Å². The highest BCUT2D eigenvalue weighted by molar-refractivity contribution is 7.11. The van der Waals surface area contributed by atoms with E-state index in [9.17, 15) is 5.11 Å². The van der Waals surface area contributed by atoms with Gasteiger partial charge in [-0.1, -0.05) is 18.5 Å².